The molecule has 1 aromatic carbocycles. The molecule has 4 rings (SSSR count). The summed E-state index contributed by atoms with van der Waals surface area (Å²) in [5.41, 5.74) is 1.73. The van der Waals surface area contributed by atoms with Crippen molar-refractivity contribution in [2.75, 3.05) is 18.1 Å². The minimum absolute atomic E-state index is 0.214. The molecule has 3 heterocycles. The van der Waals surface area contributed by atoms with E-state index in [1.165, 1.54) is 4.57 Å². The van der Waals surface area contributed by atoms with E-state index in [0.717, 1.165) is 28.7 Å². The molecular weight excluding hydrogens is 384 g/mol. The SMILES string of the molecule is CCOc1c(C)cnc2c1c(=O)n(CC(=O)N1CCCc3ccccc31)c(=O)n2C. The quantitative estimate of drug-likeness (QED) is 0.657. The van der Waals surface area contributed by atoms with E-state index in [0.29, 0.717) is 24.5 Å². The lowest BCUT2D eigenvalue weighted by atomic mass is 10.0. The van der Waals surface area contributed by atoms with Crippen molar-refractivity contribution in [1.29, 1.82) is 0 Å². The van der Waals surface area contributed by atoms with Gasteiger partial charge in [0.25, 0.3) is 5.56 Å². The summed E-state index contributed by atoms with van der Waals surface area (Å²) in [5, 5.41) is 0.214. The van der Waals surface area contributed by atoms with Crippen molar-refractivity contribution < 1.29 is 9.53 Å². The minimum Gasteiger partial charge on any atom is -0.493 e. The van der Waals surface area contributed by atoms with Crippen molar-refractivity contribution in [3.05, 3.63) is 62.4 Å². The molecule has 3 aromatic rings. The van der Waals surface area contributed by atoms with Gasteiger partial charge >= 0.3 is 5.69 Å². The lowest BCUT2D eigenvalue weighted by Gasteiger charge is -2.29. The van der Waals surface area contributed by atoms with Crippen LogP contribution in [-0.2, 0) is 24.8 Å². The number of carbonyl (C=O) groups is 1. The van der Waals surface area contributed by atoms with Gasteiger partial charge in [-0.2, -0.15) is 0 Å². The zero-order valence-corrected chi connectivity index (χ0v) is 17.3. The Morgan fingerprint density at radius 1 is 1.23 bits per heavy atom. The van der Waals surface area contributed by atoms with Gasteiger partial charge in [-0.05, 0) is 38.3 Å². The van der Waals surface area contributed by atoms with Crippen LogP contribution in [0.3, 0.4) is 0 Å². The number of aryl methyl sites for hydroxylation is 3. The predicted molar refractivity (Wildman–Crippen MR) is 114 cm³/mol. The van der Waals surface area contributed by atoms with Gasteiger partial charge in [-0.15, -0.1) is 0 Å². The largest absolute Gasteiger partial charge is 0.493 e. The number of hydrogen-bond acceptors (Lipinski definition) is 5. The monoisotopic (exact) mass is 408 g/mol. The highest BCUT2D eigenvalue weighted by atomic mass is 16.5. The summed E-state index contributed by atoms with van der Waals surface area (Å²) in [6, 6.07) is 7.72. The van der Waals surface area contributed by atoms with Crippen LogP contribution in [-0.4, -0.2) is 33.2 Å². The summed E-state index contributed by atoms with van der Waals surface area (Å²) in [5.74, 6) is 0.104. The number of ether oxygens (including phenoxy) is 1. The Morgan fingerprint density at radius 3 is 2.77 bits per heavy atom. The molecule has 0 atom stereocenters. The second kappa shape index (κ2) is 7.78. The van der Waals surface area contributed by atoms with E-state index < -0.39 is 11.2 Å². The second-order valence-electron chi connectivity index (χ2n) is 7.41. The van der Waals surface area contributed by atoms with Gasteiger partial charge in [0.1, 0.15) is 17.7 Å². The topological polar surface area (TPSA) is 86.4 Å². The molecule has 0 spiro atoms. The van der Waals surface area contributed by atoms with E-state index >= 15 is 0 Å². The number of nitrogens with zero attached hydrogens (tertiary/aromatic N) is 4. The predicted octanol–water partition coefficient (Wildman–Crippen LogP) is 1.78. The van der Waals surface area contributed by atoms with Crippen LogP contribution < -0.4 is 20.9 Å². The third-order valence-electron chi connectivity index (χ3n) is 5.48. The number of rotatable bonds is 4. The molecule has 8 nitrogen and oxygen atoms in total. The number of amides is 1. The summed E-state index contributed by atoms with van der Waals surface area (Å²) in [7, 11) is 1.54. The molecule has 0 aliphatic carbocycles. The fourth-order valence-corrected chi connectivity index (χ4v) is 4.00. The van der Waals surface area contributed by atoms with Crippen molar-refractivity contribution in [3.8, 4) is 5.75 Å². The van der Waals surface area contributed by atoms with E-state index in [-0.39, 0.29) is 23.5 Å². The van der Waals surface area contributed by atoms with E-state index in [9.17, 15) is 14.4 Å². The van der Waals surface area contributed by atoms with Crippen LogP contribution in [0.2, 0.25) is 0 Å². The van der Waals surface area contributed by atoms with Crippen LogP contribution in [0.4, 0.5) is 5.69 Å². The molecular formula is C22H24N4O4. The highest BCUT2D eigenvalue weighted by molar-refractivity contribution is 5.94. The molecule has 8 heteroatoms. The van der Waals surface area contributed by atoms with Crippen molar-refractivity contribution >= 4 is 22.6 Å². The molecule has 0 bridgehead atoms. The molecule has 0 saturated heterocycles. The fraction of sp³-hybridized carbons (Fsp3) is 0.364. The lowest BCUT2D eigenvalue weighted by molar-refractivity contribution is -0.119. The van der Waals surface area contributed by atoms with Gasteiger partial charge in [0.05, 0.1) is 6.61 Å². The minimum atomic E-state index is -0.579. The normalized spacial score (nSPS) is 13.4. The fourth-order valence-electron chi connectivity index (χ4n) is 4.00. The number of hydrogen-bond donors (Lipinski definition) is 0. The molecule has 2 aromatic heterocycles. The molecule has 156 valence electrons. The second-order valence-corrected chi connectivity index (χ2v) is 7.41. The number of aromatic nitrogens is 3. The van der Waals surface area contributed by atoms with E-state index in [1.54, 1.807) is 25.1 Å². The first-order chi connectivity index (χ1) is 14.4. The molecule has 0 N–H and O–H groups in total. The first-order valence-electron chi connectivity index (χ1n) is 10.0. The first kappa shape index (κ1) is 19.9. The maximum Gasteiger partial charge on any atom is 0.332 e. The number of benzene rings is 1. The maximum absolute atomic E-state index is 13.3. The van der Waals surface area contributed by atoms with Gasteiger partial charge in [0.15, 0.2) is 5.65 Å². The summed E-state index contributed by atoms with van der Waals surface area (Å²) in [6.45, 7) is 4.20. The van der Waals surface area contributed by atoms with Crippen LogP contribution >= 0.6 is 0 Å². The average molecular weight is 408 g/mol. The highest BCUT2D eigenvalue weighted by Gasteiger charge is 2.25. The number of carbonyl (C=O) groups excluding carboxylic acids is 1. The highest BCUT2D eigenvalue weighted by Crippen LogP contribution is 2.27. The number of fused-ring (bicyclic) bond motifs is 2. The van der Waals surface area contributed by atoms with Crippen molar-refractivity contribution in [1.82, 2.24) is 14.1 Å². The lowest BCUT2D eigenvalue weighted by Crippen LogP contribution is -2.45. The third-order valence-corrected chi connectivity index (χ3v) is 5.48. The zero-order chi connectivity index (χ0) is 21.4. The summed E-state index contributed by atoms with van der Waals surface area (Å²) in [4.78, 5) is 45.2. The molecule has 30 heavy (non-hydrogen) atoms. The summed E-state index contributed by atoms with van der Waals surface area (Å²) < 4.78 is 7.95. The Balaban J connectivity index is 1.82. The summed E-state index contributed by atoms with van der Waals surface area (Å²) >= 11 is 0. The van der Waals surface area contributed by atoms with Crippen LogP contribution in [0.25, 0.3) is 11.0 Å². The number of anilines is 1. The van der Waals surface area contributed by atoms with Crippen molar-refractivity contribution in [2.24, 2.45) is 7.05 Å². The Bertz CT molecular complexity index is 1260. The van der Waals surface area contributed by atoms with E-state index in [4.69, 9.17) is 4.74 Å². The van der Waals surface area contributed by atoms with E-state index in [1.807, 2.05) is 31.2 Å². The Kier molecular flexibility index (Phi) is 5.15. The van der Waals surface area contributed by atoms with Gasteiger partial charge in [-0.3, -0.25) is 14.2 Å². The standard InChI is InChI=1S/C22H24N4O4/c1-4-30-19-14(2)12-23-20-18(19)21(28)26(22(29)24(20)3)13-17(27)25-11-7-9-15-8-5-6-10-16(15)25/h5-6,8,10,12H,4,7,9,11,13H2,1-3H3. The summed E-state index contributed by atoms with van der Waals surface area (Å²) in [6.07, 6.45) is 3.32. The maximum atomic E-state index is 13.3. The van der Waals surface area contributed by atoms with Crippen LogP contribution in [0, 0.1) is 6.92 Å². The van der Waals surface area contributed by atoms with Gasteiger partial charge in [-0.25, -0.2) is 14.3 Å². The molecule has 0 saturated carbocycles. The molecule has 1 aliphatic rings. The molecule has 0 radical (unpaired) electrons. The van der Waals surface area contributed by atoms with Gasteiger partial charge in [-0.1, -0.05) is 18.2 Å². The van der Waals surface area contributed by atoms with Crippen LogP contribution in [0.15, 0.2) is 40.1 Å². The molecule has 1 amide bonds. The molecule has 0 unspecified atom stereocenters. The van der Waals surface area contributed by atoms with Gasteiger partial charge in [0, 0.05) is 31.0 Å². The first-order valence-corrected chi connectivity index (χ1v) is 10.0. The van der Waals surface area contributed by atoms with Gasteiger partial charge in [0.2, 0.25) is 5.91 Å². The average Bonchev–Trinajstić information content (AvgIpc) is 2.76. The Hall–Kier alpha value is -3.42. The zero-order valence-electron chi connectivity index (χ0n) is 17.3. The number of para-hydroxylation sites is 1. The Morgan fingerprint density at radius 2 is 2.00 bits per heavy atom. The Labute approximate surface area is 173 Å². The number of pyridine rings is 1. The van der Waals surface area contributed by atoms with E-state index in [2.05, 4.69) is 4.98 Å². The van der Waals surface area contributed by atoms with Crippen LogP contribution in [0.1, 0.15) is 24.5 Å². The van der Waals surface area contributed by atoms with Crippen LogP contribution in [0.5, 0.6) is 5.75 Å². The molecule has 1 aliphatic heterocycles. The third kappa shape index (κ3) is 3.18. The van der Waals surface area contributed by atoms with Crippen molar-refractivity contribution in [2.45, 2.75) is 33.2 Å². The van der Waals surface area contributed by atoms with Crippen molar-refractivity contribution in [3.63, 3.8) is 0 Å². The molecule has 0 fully saturated rings. The smallest absolute Gasteiger partial charge is 0.332 e. The van der Waals surface area contributed by atoms with Gasteiger partial charge < -0.3 is 9.64 Å².